The van der Waals surface area contributed by atoms with Crippen molar-refractivity contribution in [1.82, 2.24) is 10.6 Å². The molecule has 9 nitrogen and oxygen atoms in total. The number of benzene rings is 1. The summed E-state index contributed by atoms with van der Waals surface area (Å²) in [5, 5.41) is 5.21. The molecule has 0 radical (unpaired) electrons. The molecule has 0 saturated heterocycles. The van der Waals surface area contributed by atoms with Crippen LogP contribution in [0.4, 0.5) is 0 Å². The Bertz CT molecular complexity index is 879. The number of nitrogens with one attached hydrogen (secondary N) is 2. The average molecular weight is 416 g/mol. The largest absolute Gasteiger partial charge is 0.486 e. The Morgan fingerprint density at radius 1 is 1.13 bits per heavy atom. The molecule has 30 heavy (non-hydrogen) atoms. The molecular formula is C21H24N2O7. The summed E-state index contributed by atoms with van der Waals surface area (Å²) in [5.41, 5.74) is 0. The number of amides is 2. The van der Waals surface area contributed by atoms with Crippen molar-refractivity contribution in [1.29, 1.82) is 0 Å². The second-order valence-corrected chi connectivity index (χ2v) is 7.08. The molecule has 2 atom stereocenters. The lowest BCUT2D eigenvalue weighted by Crippen LogP contribution is -2.46. The number of carbonyl (C=O) groups is 3. The standard InChI is InChI=1S/C21H24N2O7/c1-13(2)19(23-20(25)17-8-5-9-27-17)21(26)29-12-18(24)22-10-14-11-28-15-6-3-4-7-16(15)30-14/h3-9,13-14,19H,10-12H2,1-2H3,(H,22,24)(H,23,25)/t14?,19-/m0/s1. The predicted molar refractivity (Wildman–Crippen MR) is 105 cm³/mol. The summed E-state index contributed by atoms with van der Waals surface area (Å²) < 4.78 is 21.4. The highest BCUT2D eigenvalue weighted by Crippen LogP contribution is 2.30. The number of hydrogen-bond donors (Lipinski definition) is 2. The van der Waals surface area contributed by atoms with Crippen LogP contribution in [0.1, 0.15) is 24.4 Å². The topological polar surface area (TPSA) is 116 Å². The minimum atomic E-state index is -0.915. The van der Waals surface area contributed by atoms with Crippen LogP contribution in [0.2, 0.25) is 0 Å². The zero-order valence-corrected chi connectivity index (χ0v) is 16.8. The van der Waals surface area contributed by atoms with Crippen molar-refractivity contribution in [3.63, 3.8) is 0 Å². The third-order valence-electron chi connectivity index (χ3n) is 4.39. The van der Waals surface area contributed by atoms with Crippen molar-refractivity contribution >= 4 is 17.8 Å². The number of ether oxygens (including phenoxy) is 3. The van der Waals surface area contributed by atoms with Gasteiger partial charge in [-0.25, -0.2) is 4.79 Å². The van der Waals surface area contributed by atoms with Gasteiger partial charge in [0.25, 0.3) is 11.8 Å². The van der Waals surface area contributed by atoms with Crippen molar-refractivity contribution in [2.24, 2.45) is 5.92 Å². The van der Waals surface area contributed by atoms with Crippen molar-refractivity contribution in [2.45, 2.75) is 26.0 Å². The van der Waals surface area contributed by atoms with E-state index >= 15 is 0 Å². The van der Waals surface area contributed by atoms with Gasteiger partial charge < -0.3 is 29.3 Å². The fraction of sp³-hybridized carbons (Fsp3) is 0.381. The first-order valence-electron chi connectivity index (χ1n) is 9.60. The highest BCUT2D eigenvalue weighted by molar-refractivity contribution is 5.94. The van der Waals surface area contributed by atoms with E-state index in [0.29, 0.717) is 18.1 Å². The van der Waals surface area contributed by atoms with Gasteiger partial charge in [-0.15, -0.1) is 0 Å². The fourth-order valence-corrected chi connectivity index (χ4v) is 2.79. The fourth-order valence-electron chi connectivity index (χ4n) is 2.79. The summed E-state index contributed by atoms with van der Waals surface area (Å²) >= 11 is 0. The van der Waals surface area contributed by atoms with Gasteiger partial charge in [-0.05, 0) is 30.2 Å². The zero-order chi connectivity index (χ0) is 21.5. The van der Waals surface area contributed by atoms with Crippen molar-refractivity contribution in [3.05, 3.63) is 48.4 Å². The van der Waals surface area contributed by atoms with Gasteiger partial charge in [-0.2, -0.15) is 0 Å². The molecule has 2 aromatic rings. The summed E-state index contributed by atoms with van der Waals surface area (Å²) in [6, 6.07) is 9.41. The average Bonchev–Trinajstić information content (AvgIpc) is 3.29. The van der Waals surface area contributed by atoms with Crippen molar-refractivity contribution in [2.75, 3.05) is 19.8 Å². The molecular weight excluding hydrogens is 392 g/mol. The molecule has 1 aromatic carbocycles. The number of hydrogen-bond acceptors (Lipinski definition) is 7. The van der Waals surface area contributed by atoms with Gasteiger partial charge in [-0.3, -0.25) is 9.59 Å². The quantitative estimate of drug-likeness (QED) is 0.627. The Kier molecular flexibility index (Phi) is 6.95. The highest BCUT2D eigenvalue weighted by Gasteiger charge is 2.28. The SMILES string of the molecule is CC(C)[C@H](NC(=O)c1ccco1)C(=O)OCC(=O)NCC1COc2ccccc2O1. The summed E-state index contributed by atoms with van der Waals surface area (Å²) in [5.74, 6) is -0.603. The predicted octanol–water partition coefficient (Wildman–Crippen LogP) is 1.53. The maximum absolute atomic E-state index is 12.3. The van der Waals surface area contributed by atoms with Crippen LogP contribution >= 0.6 is 0 Å². The summed E-state index contributed by atoms with van der Waals surface area (Å²) in [7, 11) is 0. The van der Waals surface area contributed by atoms with E-state index in [0.717, 1.165) is 0 Å². The highest BCUT2D eigenvalue weighted by atomic mass is 16.6. The number of esters is 1. The Hall–Kier alpha value is -3.49. The molecule has 3 rings (SSSR count). The van der Waals surface area contributed by atoms with Crippen LogP contribution in [-0.4, -0.2) is 49.7 Å². The van der Waals surface area contributed by atoms with Gasteiger partial charge in [0, 0.05) is 0 Å². The van der Waals surface area contributed by atoms with Gasteiger partial charge in [0.2, 0.25) is 0 Å². The third-order valence-corrected chi connectivity index (χ3v) is 4.39. The molecule has 1 aromatic heterocycles. The zero-order valence-electron chi connectivity index (χ0n) is 16.8. The van der Waals surface area contributed by atoms with Crippen molar-refractivity contribution < 1.29 is 33.0 Å². The van der Waals surface area contributed by atoms with Crippen LogP contribution < -0.4 is 20.1 Å². The van der Waals surface area contributed by atoms with Crippen LogP contribution in [0, 0.1) is 5.92 Å². The van der Waals surface area contributed by atoms with E-state index in [1.165, 1.54) is 12.3 Å². The van der Waals surface area contributed by atoms with Gasteiger partial charge in [0.1, 0.15) is 18.8 Å². The molecule has 2 N–H and O–H groups in total. The van der Waals surface area contributed by atoms with E-state index in [-0.39, 0.29) is 24.3 Å². The maximum Gasteiger partial charge on any atom is 0.329 e. The van der Waals surface area contributed by atoms with Gasteiger partial charge in [0.05, 0.1) is 12.8 Å². The normalized spacial score (nSPS) is 15.9. The van der Waals surface area contributed by atoms with Crippen LogP contribution in [0.3, 0.4) is 0 Å². The number of fused-ring (bicyclic) bond motifs is 1. The van der Waals surface area contributed by atoms with E-state index in [9.17, 15) is 14.4 Å². The number of rotatable bonds is 8. The van der Waals surface area contributed by atoms with Crippen molar-refractivity contribution in [3.8, 4) is 11.5 Å². The minimum Gasteiger partial charge on any atom is -0.486 e. The van der Waals surface area contributed by atoms with E-state index in [2.05, 4.69) is 10.6 Å². The lowest BCUT2D eigenvalue weighted by atomic mass is 10.0. The molecule has 1 aliphatic rings. The van der Waals surface area contributed by atoms with E-state index in [1.54, 1.807) is 32.0 Å². The molecule has 1 aliphatic heterocycles. The molecule has 160 valence electrons. The van der Waals surface area contributed by atoms with Crippen LogP contribution in [0.15, 0.2) is 47.1 Å². The maximum atomic E-state index is 12.3. The van der Waals surface area contributed by atoms with Crippen LogP contribution in [0.25, 0.3) is 0 Å². The van der Waals surface area contributed by atoms with E-state index in [1.807, 2.05) is 12.1 Å². The van der Waals surface area contributed by atoms with Gasteiger partial charge in [-0.1, -0.05) is 26.0 Å². The summed E-state index contributed by atoms with van der Waals surface area (Å²) in [6.07, 6.45) is 1.01. The third kappa shape index (κ3) is 5.53. The number of para-hydroxylation sites is 2. The molecule has 2 heterocycles. The van der Waals surface area contributed by atoms with Crippen LogP contribution in [-0.2, 0) is 14.3 Å². The second-order valence-electron chi connectivity index (χ2n) is 7.08. The van der Waals surface area contributed by atoms with Gasteiger partial charge >= 0.3 is 5.97 Å². The number of carbonyl (C=O) groups excluding carboxylic acids is 3. The first kappa shape index (κ1) is 21.2. The molecule has 9 heteroatoms. The molecule has 0 aliphatic carbocycles. The van der Waals surface area contributed by atoms with E-state index < -0.39 is 30.4 Å². The second kappa shape index (κ2) is 9.82. The Morgan fingerprint density at radius 3 is 2.60 bits per heavy atom. The Labute approximate surface area is 173 Å². The van der Waals surface area contributed by atoms with Crippen LogP contribution in [0.5, 0.6) is 11.5 Å². The summed E-state index contributed by atoms with van der Waals surface area (Å²) in [6.45, 7) is 3.54. The Balaban J connectivity index is 1.42. The molecule has 0 fully saturated rings. The molecule has 0 spiro atoms. The first-order valence-corrected chi connectivity index (χ1v) is 9.60. The lowest BCUT2D eigenvalue weighted by Gasteiger charge is -2.26. The molecule has 0 bridgehead atoms. The molecule has 0 saturated carbocycles. The van der Waals surface area contributed by atoms with Gasteiger partial charge in [0.15, 0.2) is 23.9 Å². The minimum absolute atomic E-state index is 0.0856. The van der Waals surface area contributed by atoms with E-state index in [4.69, 9.17) is 18.6 Å². The Morgan fingerprint density at radius 2 is 1.90 bits per heavy atom. The smallest absolute Gasteiger partial charge is 0.329 e. The monoisotopic (exact) mass is 416 g/mol. The summed E-state index contributed by atoms with van der Waals surface area (Å²) in [4.78, 5) is 36.5. The number of furan rings is 1. The first-order chi connectivity index (χ1) is 14.4. The molecule has 1 unspecified atom stereocenters. The lowest BCUT2D eigenvalue weighted by molar-refractivity contribution is -0.151. The molecule has 2 amide bonds.